The number of aliphatic imine (C=N–C) groups is 1. The van der Waals surface area contributed by atoms with Crippen molar-refractivity contribution in [1.29, 1.82) is 0 Å². The number of hydrogen-bond acceptors (Lipinski definition) is 4. The molecule has 4 heteroatoms. The van der Waals surface area contributed by atoms with Crippen LogP contribution in [0, 0.1) is 0 Å². The minimum Gasteiger partial charge on any atom is -0.339 e. The van der Waals surface area contributed by atoms with Gasteiger partial charge in [0.2, 0.25) is 0 Å². The predicted molar refractivity (Wildman–Crippen MR) is 80.4 cm³/mol. The molecule has 1 aromatic carbocycles. The Labute approximate surface area is 119 Å². The Kier molecular flexibility index (Phi) is 2.77. The number of hydrogen-bond donors (Lipinski definition) is 1. The lowest BCUT2D eigenvalue weighted by Crippen LogP contribution is -2.66. The minimum absolute atomic E-state index is 0.248. The van der Waals surface area contributed by atoms with E-state index in [1.165, 1.54) is 11.1 Å². The Balaban J connectivity index is 1.87. The molecule has 0 saturated heterocycles. The van der Waals surface area contributed by atoms with Crippen molar-refractivity contribution in [3.8, 4) is 0 Å². The number of benzene rings is 1. The second-order valence-corrected chi connectivity index (χ2v) is 5.59. The maximum atomic E-state index is 4.44. The van der Waals surface area contributed by atoms with Gasteiger partial charge in [-0.1, -0.05) is 30.3 Å². The maximum absolute atomic E-state index is 4.44. The fourth-order valence-corrected chi connectivity index (χ4v) is 3.61. The minimum atomic E-state index is -0.248. The highest BCUT2D eigenvalue weighted by atomic mass is 15.5. The molecule has 20 heavy (non-hydrogen) atoms. The molecule has 0 amide bonds. The lowest BCUT2D eigenvalue weighted by molar-refractivity contribution is -0.0135. The van der Waals surface area contributed by atoms with E-state index in [1.54, 1.807) is 0 Å². The van der Waals surface area contributed by atoms with Gasteiger partial charge < -0.3 is 9.80 Å². The van der Waals surface area contributed by atoms with Crippen molar-refractivity contribution >= 4 is 6.34 Å². The molecule has 0 bridgehead atoms. The summed E-state index contributed by atoms with van der Waals surface area (Å²) in [5.41, 5.74) is 2.83. The van der Waals surface area contributed by atoms with Crippen molar-refractivity contribution in [1.82, 2.24) is 15.1 Å². The molecule has 104 valence electrons. The van der Waals surface area contributed by atoms with E-state index < -0.39 is 0 Å². The molecular weight excluding hydrogens is 248 g/mol. The first-order valence-electron chi connectivity index (χ1n) is 7.45. The molecular formula is C16H20N4. The molecule has 1 atom stereocenters. The van der Waals surface area contributed by atoms with E-state index in [1.807, 2.05) is 6.34 Å². The van der Waals surface area contributed by atoms with E-state index in [9.17, 15) is 0 Å². The van der Waals surface area contributed by atoms with Crippen LogP contribution in [0.2, 0.25) is 0 Å². The van der Waals surface area contributed by atoms with E-state index in [2.05, 4.69) is 56.7 Å². The van der Waals surface area contributed by atoms with E-state index >= 15 is 0 Å². The number of fused-ring (bicyclic) bond motifs is 1. The van der Waals surface area contributed by atoms with Crippen molar-refractivity contribution in [2.24, 2.45) is 4.99 Å². The van der Waals surface area contributed by atoms with Crippen LogP contribution in [0.3, 0.4) is 0 Å². The van der Waals surface area contributed by atoms with E-state index in [4.69, 9.17) is 0 Å². The van der Waals surface area contributed by atoms with Gasteiger partial charge in [-0.25, -0.2) is 0 Å². The zero-order valence-corrected chi connectivity index (χ0v) is 11.6. The number of nitrogens with zero attached hydrogens (tertiary/aromatic N) is 3. The number of nitrogens with one attached hydrogen (secondary N) is 1. The monoisotopic (exact) mass is 268 g/mol. The highest BCUT2D eigenvalue weighted by Crippen LogP contribution is 2.37. The van der Waals surface area contributed by atoms with Gasteiger partial charge in [0.1, 0.15) is 0 Å². The second-order valence-electron chi connectivity index (χ2n) is 5.59. The fraction of sp³-hybridized carbons (Fsp3) is 0.438. The summed E-state index contributed by atoms with van der Waals surface area (Å²) >= 11 is 0. The van der Waals surface area contributed by atoms with Gasteiger partial charge in [-0.05, 0) is 24.6 Å². The first kappa shape index (κ1) is 12.0. The summed E-state index contributed by atoms with van der Waals surface area (Å²) in [6.45, 7) is 3.94. The van der Waals surface area contributed by atoms with Crippen molar-refractivity contribution < 1.29 is 0 Å². The number of rotatable bonds is 2. The predicted octanol–water partition coefficient (Wildman–Crippen LogP) is 1.51. The van der Waals surface area contributed by atoms with E-state index in [0.29, 0.717) is 0 Å². The summed E-state index contributed by atoms with van der Waals surface area (Å²) in [7, 11) is 0. The van der Waals surface area contributed by atoms with Crippen LogP contribution in [-0.2, 0) is 12.2 Å². The molecule has 3 aliphatic heterocycles. The van der Waals surface area contributed by atoms with Gasteiger partial charge in [0, 0.05) is 25.2 Å². The van der Waals surface area contributed by atoms with Gasteiger partial charge in [0.15, 0.2) is 5.79 Å². The average molecular weight is 268 g/mol. The first-order valence-corrected chi connectivity index (χ1v) is 7.45. The fourth-order valence-electron chi connectivity index (χ4n) is 3.61. The molecule has 0 aromatic heterocycles. The molecule has 0 radical (unpaired) electrons. The lowest BCUT2D eigenvalue weighted by Gasteiger charge is -2.51. The molecule has 1 N–H and O–H groups in total. The SMILES string of the molecule is C1=CN(C2(N3C=NCC3)NCCc3ccccc32)CC1. The Morgan fingerprint density at radius 1 is 1.15 bits per heavy atom. The highest BCUT2D eigenvalue weighted by molar-refractivity contribution is 5.60. The van der Waals surface area contributed by atoms with Gasteiger partial charge in [-0.15, -0.1) is 0 Å². The zero-order valence-electron chi connectivity index (χ0n) is 11.6. The van der Waals surface area contributed by atoms with Crippen molar-refractivity contribution in [2.45, 2.75) is 18.6 Å². The van der Waals surface area contributed by atoms with E-state index in [0.717, 1.165) is 39.0 Å². The topological polar surface area (TPSA) is 30.9 Å². The van der Waals surface area contributed by atoms with Crippen LogP contribution in [0.15, 0.2) is 41.5 Å². The van der Waals surface area contributed by atoms with Crippen LogP contribution in [0.5, 0.6) is 0 Å². The summed E-state index contributed by atoms with van der Waals surface area (Å²) in [6.07, 6.45) is 8.73. The lowest BCUT2D eigenvalue weighted by atomic mass is 9.92. The zero-order chi connectivity index (χ0) is 13.4. The summed E-state index contributed by atoms with van der Waals surface area (Å²) in [5.74, 6) is -0.248. The van der Waals surface area contributed by atoms with Gasteiger partial charge in [-0.2, -0.15) is 0 Å². The van der Waals surface area contributed by atoms with Gasteiger partial charge in [-0.3, -0.25) is 10.3 Å². The second kappa shape index (κ2) is 4.63. The molecule has 0 fully saturated rings. The van der Waals surface area contributed by atoms with Crippen LogP contribution >= 0.6 is 0 Å². The first-order chi connectivity index (χ1) is 9.91. The van der Waals surface area contributed by atoms with Crippen LogP contribution in [0.4, 0.5) is 0 Å². The Morgan fingerprint density at radius 2 is 2.10 bits per heavy atom. The molecule has 4 nitrogen and oxygen atoms in total. The standard InChI is InChI=1S/C16H20N4/c1-2-6-15-14(5-1)7-8-18-16(15,19-10-3-4-11-19)20-12-9-17-13-20/h1-3,5-6,10,13,18H,4,7-9,11-12H2. The Bertz CT molecular complexity index is 541. The summed E-state index contributed by atoms with van der Waals surface area (Å²) in [5, 5.41) is 3.78. The largest absolute Gasteiger partial charge is 0.339 e. The van der Waals surface area contributed by atoms with Gasteiger partial charge in [0.25, 0.3) is 0 Å². The third kappa shape index (κ3) is 1.61. The van der Waals surface area contributed by atoms with Crippen molar-refractivity contribution in [2.75, 3.05) is 26.2 Å². The molecule has 1 unspecified atom stereocenters. The normalized spacial score (nSPS) is 28.2. The maximum Gasteiger partial charge on any atom is 0.197 e. The third-order valence-electron chi connectivity index (χ3n) is 4.50. The molecule has 0 saturated carbocycles. The summed E-state index contributed by atoms with van der Waals surface area (Å²) in [4.78, 5) is 9.23. The summed E-state index contributed by atoms with van der Waals surface area (Å²) < 4.78 is 0. The Morgan fingerprint density at radius 3 is 2.90 bits per heavy atom. The van der Waals surface area contributed by atoms with Gasteiger partial charge >= 0.3 is 0 Å². The molecule has 1 aromatic rings. The third-order valence-corrected chi connectivity index (χ3v) is 4.50. The molecule has 3 aliphatic rings. The quantitative estimate of drug-likeness (QED) is 0.882. The van der Waals surface area contributed by atoms with Gasteiger partial charge in [0.05, 0.1) is 12.9 Å². The molecule has 3 heterocycles. The van der Waals surface area contributed by atoms with Crippen LogP contribution in [0.25, 0.3) is 0 Å². The van der Waals surface area contributed by atoms with Crippen LogP contribution < -0.4 is 5.32 Å². The van der Waals surface area contributed by atoms with E-state index in [-0.39, 0.29) is 5.79 Å². The molecule has 0 aliphatic carbocycles. The van der Waals surface area contributed by atoms with Crippen molar-refractivity contribution in [3.63, 3.8) is 0 Å². The van der Waals surface area contributed by atoms with Crippen LogP contribution in [-0.4, -0.2) is 42.3 Å². The summed E-state index contributed by atoms with van der Waals surface area (Å²) in [6, 6.07) is 8.82. The molecule has 4 rings (SSSR count). The Hall–Kier alpha value is -1.81. The highest BCUT2D eigenvalue weighted by Gasteiger charge is 2.46. The smallest absolute Gasteiger partial charge is 0.197 e. The van der Waals surface area contributed by atoms with Crippen molar-refractivity contribution in [3.05, 3.63) is 47.7 Å². The van der Waals surface area contributed by atoms with Crippen LogP contribution in [0.1, 0.15) is 17.5 Å². The molecule has 0 spiro atoms. The average Bonchev–Trinajstić information content (AvgIpc) is 3.20.